The van der Waals surface area contributed by atoms with Gasteiger partial charge >= 0.3 is 12.0 Å². The first-order valence-corrected chi connectivity index (χ1v) is 7.54. The third kappa shape index (κ3) is 4.54. The van der Waals surface area contributed by atoms with Gasteiger partial charge in [-0.05, 0) is 30.3 Å². The number of hydrogen-bond acceptors (Lipinski definition) is 5. The smallest absolute Gasteiger partial charge is 0.337 e. The van der Waals surface area contributed by atoms with Crippen LogP contribution < -0.4 is 20.1 Å². The monoisotopic (exact) mass is 364 g/mol. The molecule has 7 nitrogen and oxygen atoms in total. The van der Waals surface area contributed by atoms with Crippen LogP contribution in [0.1, 0.15) is 10.4 Å². The Balaban J connectivity index is 2.19. The molecular weight excluding hydrogens is 348 g/mol. The van der Waals surface area contributed by atoms with Gasteiger partial charge in [-0.25, -0.2) is 9.59 Å². The second kappa shape index (κ2) is 8.25. The molecule has 132 valence electrons. The van der Waals surface area contributed by atoms with Crippen LogP contribution in [0.4, 0.5) is 16.2 Å². The molecule has 2 amide bonds. The number of hydrogen-bond donors (Lipinski definition) is 2. The molecule has 0 bridgehead atoms. The first kappa shape index (κ1) is 18.4. The molecule has 0 heterocycles. The van der Waals surface area contributed by atoms with Crippen LogP contribution >= 0.6 is 11.6 Å². The number of nitrogens with one attached hydrogen (secondary N) is 2. The van der Waals surface area contributed by atoms with E-state index < -0.39 is 12.0 Å². The van der Waals surface area contributed by atoms with Crippen molar-refractivity contribution < 1.29 is 23.8 Å². The fraction of sp³-hybridized carbons (Fsp3) is 0.176. The fourth-order valence-corrected chi connectivity index (χ4v) is 2.22. The van der Waals surface area contributed by atoms with Gasteiger partial charge in [0.05, 0.1) is 43.3 Å². The minimum absolute atomic E-state index is 0.265. The van der Waals surface area contributed by atoms with E-state index in [0.717, 1.165) is 0 Å². The average molecular weight is 365 g/mol. The summed E-state index contributed by atoms with van der Waals surface area (Å²) in [6.07, 6.45) is 0. The molecule has 0 aromatic heterocycles. The largest absolute Gasteiger partial charge is 0.497 e. The number of rotatable bonds is 5. The number of ether oxygens (including phenoxy) is 3. The summed E-state index contributed by atoms with van der Waals surface area (Å²) in [6, 6.07) is 8.85. The lowest BCUT2D eigenvalue weighted by atomic mass is 10.2. The highest BCUT2D eigenvalue weighted by Crippen LogP contribution is 2.29. The van der Waals surface area contributed by atoms with E-state index in [1.54, 1.807) is 18.2 Å². The standard InChI is InChI=1S/C17H17ClN2O5/c1-23-11-5-7-15(24-2)14(9-11)20-17(22)19-13-8-10(16(21)25-3)4-6-12(13)18/h4-9H,1-3H3,(H2,19,20,22). The molecule has 0 aliphatic carbocycles. The summed E-state index contributed by atoms with van der Waals surface area (Å²) in [5, 5.41) is 5.50. The average Bonchev–Trinajstić information content (AvgIpc) is 2.62. The van der Waals surface area contributed by atoms with Crippen LogP contribution in [-0.4, -0.2) is 33.3 Å². The van der Waals surface area contributed by atoms with E-state index in [1.165, 1.54) is 39.5 Å². The Morgan fingerprint density at radius 3 is 2.28 bits per heavy atom. The van der Waals surface area contributed by atoms with Crippen LogP contribution in [0.5, 0.6) is 11.5 Å². The van der Waals surface area contributed by atoms with Crippen LogP contribution in [0.2, 0.25) is 5.02 Å². The molecule has 0 spiro atoms. The van der Waals surface area contributed by atoms with Gasteiger partial charge in [0.15, 0.2) is 0 Å². The van der Waals surface area contributed by atoms with Crippen LogP contribution in [-0.2, 0) is 4.74 Å². The number of esters is 1. The van der Waals surface area contributed by atoms with Crippen molar-refractivity contribution in [3.63, 3.8) is 0 Å². The first-order valence-electron chi connectivity index (χ1n) is 7.16. The van der Waals surface area contributed by atoms with Crippen molar-refractivity contribution in [2.24, 2.45) is 0 Å². The third-order valence-electron chi connectivity index (χ3n) is 3.29. The maximum atomic E-state index is 12.3. The molecule has 0 fully saturated rings. The van der Waals surface area contributed by atoms with E-state index in [4.69, 9.17) is 21.1 Å². The number of amides is 2. The van der Waals surface area contributed by atoms with Gasteiger partial charge in [0.2, 0.25) is 0 Å². The normalized spacial score (nSPS) is 9.92. The van der Waals surface area contributed by atoms with E-state index >= 15 is 0 Å². The highest BCUT2D eigenvalue weighted by atomic mass is 35.5. The van der Waals surface area contributed by atoms with E-state index in [2.05, 4.69) is 15.4 Å². The Morgan fingerprint density at radius 1 is 0.920 bits per heavy atom. The number of anilines is 2. The number of methoxy groups -OCH3 is 3. The van der Waals surface area contributed by atoms with Crippen LogP contribution in [0.3, 0.4) is 0 Å². The molecule has 0 aliphatic rings. The number of carbonyl (C=O) groups excluding carboxylic acids is 2. The Bertz CT molecular complexity index is 795. The molecule has 2 N–H and O–H groups in total. The maximum Gasteiger partial charge on any atom is 0.337 e. The molecule has 0 radical (unpaired) electrons. The third-order valence-corrected chi connectivity index (χ3v) is 3.62. The Hall–Kier alpha value is -2.93. The molecule has 2 rings (SSSR count). The van der Waals surface area contributed by atoms with Gasteiger partial charge in [0, 0.05) is 6.07 Å². The van der Waals surface area contributed by atoms with Crippen molar-refractivity contribution in [3.8, 4) is 11.5 Å². The van der Waals surface area contributed by atoms with Crippen molar-refractivity contribution in [2.45, 2.75) is 0 Å². The van der Waals surface area contributed by atoms with Gasteiger partial charge in [0.25, 0.3) is 0 Å². The number of halogens is 1. The molecule has 25 heavy (non-hydrogen) atoms. The van der Waals surface area contributed by atoms with Crippen LogP contribution in [0.25, 0.3) is 0 Å². The van der Waals surface area contributed by atoms with Crippen molar-refractivity contribution in [2.75, 3.05) is 32.0 Å². The van der Waals surface area contributed by atoms with Crippen molar-refractivity contribution in [1.82, 2.24) is 0 Å². The quantitative estimate of drug-likeness (QED) is 0.788. The zero-order valence-corrected chi connectivity index (χ0v) is 14.6. The van der Waals surface area contributed by atoms with Crippen LogP contribution in [0.15, 0.2) is 36.4 Å². The van der Waals surface area contributed by atoms with Gasteiger partial charge in [-0.1, -0.05) is 11.6 Å². The highest BCUT2D eigenvalue weighted by molar-refractivity contribution is 6.34. The Labute approximate surface area is 149 Å². The van der Waals surface area contributed by atoms with E-state index in [0.29, 0.717) is 17.2 Å². The summed E-state index contributed by atoms with van der Waals surface area (Å²) in [6.45, 7) is 0. The Morgan fingerprint density at radius 2 is 1.64 bits per heavy atom. The minimum Gasteiger partial charge on any atom is -0.497 e. The van der Waals surface area contributed by atoms with E-state index in [9.17, 15) is 9.59 Å². The summed E-state index contributed by atoms with van der Waals surface area (Å²) < 4.78 is 15.0. The molecule has 0 aliphatic heterocycles. The van der Waals surface area contributed by atoms with Crippen molar-refractivity contribution >= 4 is 35.0 Å². The predicted molar refractivity (Wildman–Crippen MR) is 95.0 cm³/mol. The highest BCUT2D eigenvalue weighted by Gasteiger charge is 2.13. The topological polar surface area (TPSA) is 85.9 Å². The lowest BCUT2D eigenvalue weighted by molar-refractivity contribution is 0.0600. The summed E-state index contributed by atoms with van der Waals surface area (Å²) in [5.41, 5.74) is 0.949. The van der Waals surface area contributed by atoms with Gasteiger partial charge in [-0.15, -0.1) is 0 Å². The summed E-state index contributed by atoms with van der Waals surface area (Å²) in [5.74, 6) is 0.488. The molecular formula is C17H17ClN2O5. The lowest BCUT2D eigenvalue weighted by Gasteiger charge is -2.13. The van der Waals surface area contributed by atoms with E-state index in [1.807, 2.05) is 0 Å². The molecule has 8 heteroatoms. The Kier molecular flexibility index (Phi) is 6.08. The van der Waals surface area contributed by atoms with Gasteiger partial charge in [-0.3, -0.25) is 0 Å². The molecule has 2 aromatic rings. The lowest BCUT2D eigenvalue weighted by Crippen LogP contribution is -2.20. The number of carbonyl (C=O) groups is 2. The van der Waals surface area contributed by atoms with Gasteiger partial charge < -0.3 is 24.8 Å². The SMILES string of the molecule is COC(=O)c1ccc(Cl)c(NC(=O)Nc2cc(OC)ccc2OC)c1. The van der Waals surface area contributed by atoms with Gasteiger partial charge in [-0.2, -0.15) is 0 Å². The second-order valence-electron chi connectivity index (χ2n) is 4.83. The molecule has 0 saturated carbocycles. The molecule has 0 atom stereocenters. The molecule has 0 saturated heterocycles. The minimum atomic E-state index is -0.560. The van der Waals surface area contributed by atoms with Crippen LogP contribution in [0, 0.1) is 0 Å². The number of urea groups is 1. The predicted octanol–water partition coefficient (Wildman–Crippen LogP) is 3.79. The summed E-state index contributed by atoms with van der Waals surface area (Å²) in [7, 11) is 4.27. The zero-order valence-electron chi connectivity index (χ0n) is 13.9. The maximum absolute atomic E-state index is 12.3. The first-order chi connectivity index (χ1) is 12.0. The summed E-state index contributed by atoms with van der Waals surface area (Å²) >= 11 is 6.06. The second-order valence-corrected chi connectivity index (χ2v) is 5.24. The van der Waals surface area contributed by atoms with Crippen molar-refractivity contribution in [1.29, 1.82) is 0 Å². The molecule has 2 aromatic carbocycles. The van der Waals surface area contributed by atoms with Gasteiger partial charge in [0.1, 0.15) is 11.5 Å². The van der Waals surface area contributed by atoms with Crippen molar-refractivity contribution in [3.05, 3.63) is 47.0 Å². The fourth-order valence-electron chi connectivity index (χ4n) is 2.05. The zero-order chi connectivity index (χ0) is 18.4. The summed E-state index contributed by atoms with van der Waals surface area (Å²) in [4.78, 5) is 23.8. The molecule has 0 unspecified atom stereocenters. The van der Waals surface area contributed by atoms with E-state index in [-0.39, 0.29) is 16.3 Å². The number of benzene rings is 2.